The highest BCUT2D eigenvalue weighted by molar-refractivity contribution is 4.91. The van der Waals surface area contributed by atoms with E-state index in [2.05, 4.69) is 35.8 Å². The van der Waals surface area contributed by atoms with Crippen molar-refractivity contribution in [1.82, 2.24) is 14.9 Å². The smallest absolute Gasteiger partial charge is 0.108 e. The van der Waals surface area contributed by atoms with Crippen molar-refractivity contribution in [3.8, 4) is 0 Å². The van der Waals surface area contributed by atoms with Crippen LogP contribution in [-0.4, -0.2) is 22.6 Å². The normalized spacial score (nSPS) is 12.9. The summed E-state index contributed by atoms with van der Waals surface area (Å²) in [6.45, 7) is 6.83. The first kappa shape index (κ1) is 13.2. The summed E-state index contributed by atoms with van der Waals surface area (Å²) in [5.74, 6) is 1.98. The first-order valence-electron chi connectivity index (χ1n) is 6.41. The maximum atomic E-state index is 4.34. The molecule has 1 heterocycles. The molecule has 0 aromatic carbocycles. The van der Waals surface area contributed by atoms with Gasteiger partial charge in [0.05, 0.1) is 0 Å². The highest BCUT2D eigenvalue weighted by Crippen LogP contribution is 2.10. The van der Waals surface area contributed by atoms with E-state index in [-0.39, 0.29) is 0 Å². The fourth-order valence-corrected chi connectivity index (χ4v) is 1.81. The lowest BCUT2D eigenvalue weighted by Crippen LogP contribution is -2.18. The van der Waals surface area contributed by atoms with Crippen LogP contribution in [0, 0.1) is 5.92 Å². The predicted molar refractivity (Wildman–Crippen MR) is 68.5 cm³/mol. The lowest BCUT2D eigenvalue weighted by atomic mass is 10.0. The third kappa shape index (κ3) is 4.79. The number of hydrogen-bond donors (Lipinski definition) is 1. The van der Waals surface area contributed by atoms with Gasteiger partial charge in [0, 0.05) is 25.9 Å². The Kier molecular flexibility index (Phi) is 6.16. The minimum Gasteiger partial charge on any atom is -0.338 e. The molecular formula is C13H25N3. The van der Waals surface area contributed by atoms with Crippen molar-refractivity contribution in [1.29, 1.82) is 0 Å². The molecule has 3 heteroatoms. The van der Waals surface area contributed by atoms with E-state index in [1.165, 1.54) is 25.1 Å². The summed E-state index contributed by atoms with van der Waals surface area (Å²) in [6.07, 6.45) is 8.72. The van der Waals surface area contributed by atoms with Gasteiger partial charge < -0.3 is 9.88 Å². The fraction of sp³-hybridized carbons (Fsp3) is 0.769. The minimum atomic E-state index is 0.779. The molecule has 0 saturated carbocycles. The molecule has 1 N–H and O–H groups in total. The Morgan fingerprint density at radius 3 is 2.81 bits per heavy atom. The van der Waals surface area contributed by atoms with Crippen molar-refractivity contribution in [3.05, 3.63) is 18.2 Å². The first-order valence-corrected chi connectivity index (χ1v) is 6.41. The number of rotatable bonds is 8. The van der Waals surface area contributed by atoms with Gasteiger partial charge in [-0.05, 0) is 38.3 Å². The average Bonchev–Trinajstić information content (AvgIpc) is 2.67. The van der Waals surface area contributed by atoms with Gasteiger partial charge in [-0.15, -0.1) is 0 Å². The lowest BCUT2D eigenvalue weighted by molar-refractivity contribution is 0.463. The van der Waals surface area contributed by atoms with Gasteiger partial charge in [-0.25, -0.2) is 4.98 Å². The molecule has 0 amide bonds. The Bertz CT molecular complexity index is 280. The summed E-state index contributed by atoms with van der Waals surface area (Å²) >= 11 is 0. The second kappa shape index (κ2) is 7.44. The minimum absolute atomic E-state index is 0.779. The molecule has 0 radical (unpaired) electrons. The highest BCUT2D eigenvalue weighted by atomic mass is 15.0. The predicted octanol–water partition coefficient (Wildman–Crippen LogP) is 2.38. The lowest BCUT2D eigenvalue weighted by Gasteiger charge is -2.11. The molecule has 1 aromatic heterocycles. The number of nitrogens with zero attached hydrogens (tertiary/aromatic N) is 2. The molecule has 1 atom stereocenters. The van der Waals surface area contributed by atoms with E-state index in [0.717, 1.165) is 25.4 Å². The topological polar surface area (TPSA) is 29.9 Å². The van der Waals surface area contributed by atoms with Crippen molar-refractivity contribution in [3.63, 3.8) is 0 Å². The number of aromatic nitrogens is 2. The molecule has 1 unspecified atom stereocenters. The van der Waals surface area contributed by atoms with Crippen LogP contribution < -0.4 is 5.32 Å². The van der Waals surface area contributed by atoms with Gasteiger partial charge in [0.15, 0.2) is 0 Å². The maximum absolute atomic E-state index is 4.34. The Morgan fingerprint density at radius 1 is 1.38 bits per heavy atom. The SMILES string of the molecule is CCCNCCC(C)CCc1nccn1C. The molecule has 0 fully saturated rings. The third-order valence-corrected chi connectivity index (χ3v) is 3.02. The third-order valence-electron chi connectivity index (χ3n) is 3.02. The molecule has 1 rings (SSSR count). The van der Waals surface area contributed by atoms with E-state index in [1.54, 1.807) is 0 Å². The van der Waals surface area contributed by atoms with Crippen LogP contribution in [0.5, 0.6) is 0 Å². The second-order valence-electron chi connectivity index (χ2n) is 4.64. The summed E-state index contributed by atoms with van der Waals surface area (Å²) in [6, 6.07) is 0. The molecule has 3 nitrogen and oxygen atoms in total. The summed E-state index contributed by atoms with van der Waals surface area (Å²) in [4.78, 5) is 4.34. The van der Waals surface area contributed by atoms with Crippen LogP contribution in [0.15, 0.2) is 12.4 Å². The average molecular weight is 223 g/mol. The number of nitrogens with one attached hydrogen (secondary N) is 1. The van der Waals surface area contributed by atoms with Crippen LogP contribution in [-0.2, 0) is 13.5 Å². The van der Waals surface area contributed by atoms with Gasteiger partial charge in [0.2, 0.25) is 0 Å². The van der Waals surface area contributed by atoms with Gasteiger partial charge in [-0.1, -0.05) is 13.8 Å². The van der Waals surface area contributed by atoms with Crippen molar-refractivity contribution in [2.45, 2.75) is 39.5 Å². The molecule has 16 heavy (non-hydrogen) atoms. The molecule has 92 valence electrons. The van der Waals surface area contributed by atoms with Gasteiger partial charge in [0.1, 0.15) is 5.82 Å². The van der Waals surface area contributed by atoms with Crippen LogP contribution in [0.3, 0.4) is 0 Å². The van der Waals surface area contributed by atoms with Crippen molar-refractivity contribution < 1.29 is 0 Å². The van der Waals surface area contributed by atoms with Gasteiger partial charge in [-0.3, -0.25) is 0 Å². The monoisotopic (exact) mass is 223 g/mol. The molecule has 0 aliphatic carbocycles. The van der Waals surface area contributed by atoms with E-state index < -0.39 is 0 Å². The van der Waals surface area contributed by atoms with Crippen LogP contribution in [0.25, 0.3) is 0 Å². The molecular weight excluding hydrogens is 198 g/mol. The summed E-state index contributed by atoms with van der Waals surface area (Å²) in [7, 11) is 2.07. The zero-order valence-electron chi connectivity index (χ0n) is 10.9. The summed E-state index contributed by atoms with van der Waals surface area (Å²) in [5.41, 5.74) is 0. The van der Waals surface area contributed by atoms with Gasteiger partial charge in [-0.2, -0.15) is 0 Å². The quantitative estimate of drug-likeness (QED) is 0.686. The molecule has 0 bridgehead atoms. The maximum Gasteiger partial charge on any atom is 0.108 e. The molecule has 1 aromatic rings. The first-order chi connectivity index (χ1) is 7.74. The number of imidazole rings is 1. The van der Waals surface area contributed by atoms with Crippen LogP contribution in [0.1, 0.15) is 38.9 Å². The van der Waals surface area contributed by atoms with Gasteiger partial charge in [0.25, 0.3) is 0 Å². The Balaban J connectivity index is 2.10. The number of hydrogen-bond acceptors (Lipinski definition) is 2. The molecule has 0 spiro atoms. The van der Waals surface area contributed by atoms with E-state index in [9.17, 15) is 0 Å². The van der Waals surface area contributed by atoms with E-state index >= 15 is 0 Å². The van der Waals surface area contributed by atoms with Crippen molar-refractivity contribution in [2.75, 3.05) is 13.1 Å². The molecule has 0 aliphatic rings. The summed E-state index contributed by atoms with van der Waals surface area (Å²) < 4.78 is 2.11. The van der Waals surface area contributed by atoms with E-state index in [0.29, 0.717) is 0 Å². The largest absolute Gasteiger partial charge is 0.338 e. The zero-order chi connectivity index (χ0) is 11.8. The van der Waals surface area contributed by atoms with Crippen LogP contribution in [0.2, 0.25) is 0 Å². The standard InChI is InChI=1S/C13H25N3/c1-4-8-14-9-7-12(2)5-6-13-15-10-11-16(13)3/h10-12,14H,4-9H2,1-3H3. The Hall–Kier alpha value is -0.830. The zero-order valence-corrected chi connectivity index (χ0v) is 10.9. The second-order valence-corrected chi connectivity index (χ2v) is 4.64. The Morgan fingerprint density at radius 2 is 2.19 bits per heavy atom. The molecule has 0 saturated heterocycles. The highest BCUT2D eigenvalue weighted by Gasteiger charge is 2.05. The van der Waals surface area contributed by atoms with Crippen LogP contribution >= 0.6 is 0 Å². The van der Waals surface area contributed by atoms with Crippen molar-refractivity contribution in [2.24, 2.45) is 13.0 Å². The van der Waals surface area contributed by atoms with Crippen molar-refractivity contribution >= 4 is 0 Å². The van der Waals surface area contributed by atoms with E-state index in [4.69, 9.17) is 0 Å². The van der Waals surface area contributed by atoms with E-state index in [1.807, 2.05) is 12.4 Å². The summed E-state index contributed by atoms with van der Waals surface area (Å²) in [5, 5.41) is 3.45. The fourth-order valence-electron chi connectivity index (χ4n) is 1.81. The Labute approximate surface area is 99.3 Å². The van der Waals surface area contributed by atoms with Crippen LogP contribution in [0.4, 0.5) is 0 Å². The molecule has 0 aliphatic heterocycles. The number of aryl methyl sites for hydroxylation is 2. The van der Waals surface area contributed by atoms with Gasteiger partial charge >= 0.3 is 0 Å².